The van der Waals surface area contributed by atoms with E-state index in [2.05, 4.69) is 32.4 Å². The molecule has 11 heavy (non-hydrogen) atoms. The Morgan fingerprint density at radius 2 is 1.18 bits per heavy atom. The van der Waals surface area contributed by atoms with E-state index >= 15 is 0 Å². The highest BCUT2D eigenvalue weighted by molar-refractivity contribution is 5.55. The number of rotatable bonds is 2. The predicted molar refractivity (Wildman–Crippen MR) is 45.1 cm³/mol. The first-order valence-corrected chi connectivity index (χ1v) is 2.94. The second-order valence-electron chi connectivity index (χ2n) is 3.33. The van der Waals surface area contributed by atoms with Gasteiger partial charge in [0.05, 0.1) is 0 Å². The fourth-order valence-electron chi connectivity index (χ4n) is 0.0227. The molecule has 0 aliphatic carbocycles. The Morgan fingerprint density at radius 3 is 1.18 bits per heavy atom. The van der Waals surface area contributed by atoms with Crippen LogP contribution >= 0.6 is 0 Å². The molecule has 0 saturated carbocycles. The van der Waals surface area contributed by atoms with E-state index < -0.39 is 0 Å². The molecule has 0 aromatic rings. The molecule has 0 rings (SSSR count). The summed E-state index contributed by atoms with van der Waals surface area (Å²) in [5.74, 6) is 0. The van der Waals surface area contributed by atoms with Gasteiger partial charge in [0.1, 0.15) is 0 Å². The molecule has 0 aliphatic heterocycles. The number of carbonyl (C=O) groups is 2. The standard InChI is InChI=1S/C5H12.C2H2O3.CH4/c1-5(2,3)4;3-1-5-2-4;/h1-4H3;1-2H;1H4. The normalized spacial score (nSPS) is 8.00. The van der Waals surface area contributed by atoms with Crippen LogP contribution < -0.4 is 0 Å². The largest absolute Gasteiger partial charge is 0.398 e. The number of hydrogen-bond acceptors (Lipinski definition) is 3. The molecule has 3 heteroatoms. The van der Waals surface area contributed by atoms with E-state index in [1.807, 2.05) is 0 Å². The van der Waals surface area contributed by atoms with E-state index in [1.165, 1.54) is 0 Å². The molecule has 0 aliphatic rings. The fourth-order valence-corrected chi connectivity index (χ4v) is 0.0227. The van der Waals surface area contributed by atoms with Crippen LogP contribution in [0.5, 0.6) is 0 Å². The van der Waals surface area contributed by atoms with Crippen molar-refractivity contribution in [2.45, 2.75) is 35.1 Å². The van der Waals surface area contributed by atoms with Gasteiger partial charge >= 0.3 is 12.9 Å². The Kier molecular flexibility index (Phi) is 13.8. The molecule has 0 heterocycles. The molecule has 0 amide bonds. The molecule has 68 valence electrons. The van der Waals surface area contributed by atoms with Gasteiger partial charge in [0.2, 0.25) is 0 Å². The van der Waals surface area contributed by atoms with Crippen LogP contribution in [0.2, 0.25) is 0 Å². The Bertz CT molecular complexity index is 80.0. The monoisotopic (exact) mass is 162 g/mol. The van der Waals surface area contributed by atoms with Gasteiger partial charge in [0, 0.05) is 0 Å². The van der Waals surface area contributed by atoms with Crippen LogP contribution in [0.3, 0.4) is 0 Å². The summed E-state index contributed by atoms with van der Waals surface area (Å²) >= 11 is 0. The summed E-state index contributed by atoms with van der Waals surface area (Å²) in [6.07, 6.45) is 0. The van der Waals surface area contributed by atoms with E-state index in [0.717, 1.165) is 0 Å². The van der Waals surface area contributed by atoms with E-state index in [4.69, 9.17) is 9.59 Å². The summed E-state index contributed by atoms with van der Waals surface area (Å²) in [6, 6.07) is 0. The van der Waals surface area contributed by atoms with Crippen molar-refractivity contribution in [1.82, 2.24) is 0 Å². The van der Waals surface area contributed by atoms with Crippen molar-refractivity contribution >= 4 is 12.9 Å². The first-order chi connectivity index (χ1) is 4.41. The lowest BCUT2D eigenvalue weighted by atomic mass is 10.0. The lowest BCUT2D eigenvalue weighted by Gasteiger charge is -2.05. The molecular formula is C8H18O3. The quantitative estimate of drug-likeness (QED) is 0.460. The van der Waals surface area contributed by atoms with Gasteiger partial charge in [-0.1, -0.05) is 35.1 Å². The molecule has 0 radical (unpaired) electrons. The molecular weight excluding hydrogens is 144 g/mol. The molecule has 0 aromatic heterocycles. The van der Waals surface area contributed by atoms with Crippen LogP contribution in [0.15, 0.2) is 0 Å². The van der Waals surface area contributed by atoms with Gasteiger partial charge in [-0.3, -0.25) is 9.59 Å². The first kappa shape index (κ1) is 16.6. The Hall–Kier alpha value is -0.860. The lowest BCUT2D eigenvalue weighted by molar-refractivity contribution is -0.141. The summed E-state index contributed by atoms with van der Waals surface area (Å²) in [4.78, 5) is 17.9. The van der Waals surface area contributed by atoms with Crippen molar-refractivity contribution in [3.63, 3.8) is 0 Å². The maximum absolute atomic E-state index is 8.95. The Balaban J connectivity index is -0.000000107. The minimum Gasteiger partial charge on any atom is -0.398 e. The van der Waals surface area contributed by atoms with Crippen molar-refractivity contribution in [3.8, 4) is 0 Å². The maximum atomic E-state index is 8.95. The molecule has 0 fully saturated rings. The second-order valence-corrected chi connectivity index (χ2v) is 3.33. The SMILES string of the molecule is C.CC(C)(C)C.O=COC=O. The zero-order valence-corrected chi connectivity index (χ0v) is 6.88. The van der Waals surface area contributed by atoms with Gasteiger partial charge in [0.25, 0.3) is 0 Å². The molecule has 0 aromatic carbocycles. The average Bonchev–Trinajstić information content (AvgIpc) is 1.63. The first-order valence-electron chi connectivity index (χ1n) is 2.94. The van der Waals surface area contributed by atoms with E-state index in [1.54, 1.807) is 0 Å². The highest BCUT2D eigenvalue weighted by atomic mass is 16.6. The Morgan fingerprint density at radius 1 is 1.00 bits per heavy atom. The minimum atomic E-state index is 0. The van der Waals surface area contributed by atoms with Gasteiger partial charge in [-0.25, -0.2) is 0 Å². The van der Waals surface area contributed by atoms with E-state index in [-0.39, 0.29) is 20.4 Å². The van der Waals surface area contributed by atoms with Crippen molar-refractivity contribution in [2.75, 3.05) is 0 Å². The fraction of sp³-hybridized carbons (Fsp3) is 0.750. The molecule has 0 N–H and O–H groups in total. The number of hydrogen-bond donors (Lipinski definition) is 0. The van der Waals surface area contributed by atoms with E-state index in [0.29, 0.717) is 5.41 Å². The molecule has 0 bridgehead atoms. The lowest BCUT2D eigenvalue weighted by Crippen LogP contribution is -1.93. The van der Waals surface area contributed by atoms with E-state index in [9.17, 15) is 0 Å². The van der Waals surface area contributed by atoms with Gasteiger partial charge in [-0.05, 0) is 5.41 Å². The number of carbonyl (C=O) groups excluding carboxylic acids is 2. The highest BCUT2D eigenvalue weighted by Gasteiger charge is 1.95. The van der Waals surface area contributed by atoms with Crippen LogP contribution in [0.1, 0.15) is 35.1 Å². The third-order valence-electron chi connectivity index (χ3n) is 0.111. The molecule has 0 unspecified atom stereocenters. The zero-order chi connectivity index (χ0) is 8.62. The van der Waals surface area contributed by atoms with Crippen LogP contribution in [0, 0.1) is 5.41 Å². The number of ether oxygens (including phenoxy) is 1. The summed E-state index contributed by atoms with van der Waals surface area (Å²) in [7, 11) is 0. The van der Waals surface area contributed by atoms with Crippen molar-refractivity contribution in [2.24, 2.45) is 5.41 Å². The van der Waals surface area contributed by atoms with Crippen LogP contribution in [-0.4, -0.2) is 12.9 Å². The summed E-state index contributed by atoms with van der Waals surface area (Å²) < 4.78 is 3.47. The van der Waals surface area contributed by atoms with Crippen LogP contribution in [0.25, 0.3) is 0 Å². The molecule has 3 nitrogen and oxygen atoms in total. The third kappa shape index (κ3) is 359. The zero-order valence-electron chi connectivity index (χ0n) is 6.88. The van der Waals surface area contributed by atoms with Crippen molar-refractivity contribution < 1.29 is 14.3 Å². The van der Waals surface area contributed by atoms with Crippen LogP contribution in [-0.2, 0) is 14.3 Å². The summed E-state index contributed by atoms with van der Waals surface area (Å²) in [5.41, 5.74) is 0.500. The average molecular weight is 162 g/mol. The van der Waals surface area contributed by atoms with Gasteiger partial charge in [-0.15, -0.1) is 0 Å². The molecule has 0 spiro atoms. The predicted octanol–water partition coefficient (Wildman–Crippen LogP) is 2.00. The third-order valence-corrected chi connectivity index (χ3v) is 0.111. The molecule has 0 atom stereocenters. The molecule has 0 saturated heterocycles. The Labute approximate surface area is 68.7 Å². The van der Waals surface area contributed by atoms with Gasteiger partial charge < -0.3 is 4.74 Å². The smallest absolute Gasteiger partial charge is 0.300 e. The highest BCUT2D eigenvalue weighted by Crippen LogP contribution is 2.07. The van der Waals surface area contributed by atoms with Crippen molar-refractivity contribution in [1.29, 1.82) is 0 Å². The second kappa shape index (κ2) is 9.14. The minimum absolute atomic E-state index is 0. The van der Waals surface area contributed by atoms with Crippen molar-refractivity contribution in [3.05, 3.63) is 0 Å². The van der Waals surface area contributed by atoms with Gasteiger partial charge in [0.15, 0.2) is 0 Å². The van der Waals surface area contributed by atoms with Crippen LogP contribution in [0.4, 0.5) is 0 Å². The summed E-state index contributed by atoms with van der Waals surface area (Å²) in [5, 5.41) is 0. The topological polar surface area (TPSA) is 43.4 Å². The maximum Gasteiger partial charge on any atom is 0.300 e. The van der Waals surface area contributed by atoms with Gasteiger partial charge in [-0.2, -0.15) is 0 Å². The summed E-state index contributed by atoms with van der Waals surface area (Å²) in [6.45, 7) is 8.88.